The Balaban J connectivity index is 2.20. The number of rotatable bonds is 3. The lowest BCUT2D eigenvalue weighted by Gasteiger charge is -2.28. The number of ether oxygens (including phenoxy) is 2. The lowest BCUT2D eigenvalue weighted by atomic mass is 9.83. The van der Waals surface area contributed by atoms with Gasteiger partial charge in [0.1, 0.15) is 23.1 Å². The van der Waals surface area contributed by atoms with Crippen LogP contribution in [-0.2, 0) is 4.79 Å². The number of halogens is 2. The maximum atomic E-state index is 14.2. The Morgan fingerprint density at radius 3 is 2.57 bits per heavy atom. The molecule has 0 saturated carbocycles. The molecule has 0 spiro atoms. The van der Waals surface area contributed by atoms with Crippen LogP contribution in [0.4, 0.5) is 14.5 Å². The lowest BCUT2D eigenvalue weighted by molar-refractivity contribution is -0.116. The molecule has 0 saturated heterocycles. The van der Waals surface area contributed by atoms with E-state index >= 15 is 0 Å². The van der Waals surface area contributed by atoms with Gasteiger partial charge in [0.25, 0.3) is 0 Å². The van der Waals surface area contributed by atoms with Crippen LogP contribution in [0.25, 0.3) is 0 Å². The molecule has 2 aromatic carbocycles. The number of benzene rings is 2. The molecule has 23 heavy (non-hydrogen) atoms. The zero-order valence-electron chi connectivity index (χ0n) is 12.7. The molecule has 2 aromatic rings. The van der Waals surface area contributed by atoms with Crippen molar-refractivity contribution in [1.29, 1.82) is 0 Å². The highest BCUT2D eigenvalue weighted by atomic mass is 19.1. The summed E-state index contributed by atoms with van der Waals surface area (Å²) in [5.74, 6) is -1.15. The van der Waals surface area contributed by atoms with Crippen molar-refractivity contribution in [1.82, 2.24) is 0 Å². The summed E-state index contributed by atoms with van der Waals surface area (Å²) in [7, 11) is 2.99. The molecule has 0 bridgehead atoms. The molecule has 1 aliphatic rings. The minimum atomic E-state index is -0.687. The first-order valence-electron chi connectivity index (χ1n) is 7.04. The number of fused-ring (bicyclic) bond motifs is 1. The Morgan fingerprint density at radius 2 is 1.91 bits per heavy atom. The average molecular weight is 319 g/mol. The van der Waals surface area contributed by atoms with E-state index in [1.807, 2.05) is 0 Å². The Kier molecular flexibility index (Phi) is 3.90. The number of carbonyl (C=O) groups excluding carboxylic acids is 1. The highest BCUT2D eigenvalue weighted by molar-refractivity contribution is 5.96. The molecule has 4 nitrogen and oxygen atoms in total. The van der Waals surface area contributed by atoms with Crippen molar-refractivity contribution in [3.05, 3.63) is 53.1 Å². The van der Waals surface area contributed by atoms with Crippen LogP contribution in [0.2, 0.25) is 0 Å². The zero-order chi connectivity index (χ0) is 16.6. The van der Waals surface area contributed by atoms with Crippen molar-refractivity contribution in [2.45, 2.75) is 12.3 Å². The van der Waals surface area contributed by atoms with Gasteiger partial charge in [-0.05, 0) is 11.6 Å². The van der Waals surface area contributed by atoms with Crippen LogP contribution in [0.1, 0.15) is 23.5 Å². The third-order valence-corrected chi connectivity index (χ3v) is 3.92. The molecule has 120 valence electrons. The number of carbonyl (C=O) groups is 1. The predicted octanol–water partition coefficient (Wildman–Crippen LogP) is 3.46. The molecule has 3 rings (SSSR count). The second kappa shape index (κ2) is 5.87. The molecular weight excluding hydrogens is 304 g/mol. The summed E-state index contributed by atoms with van der Waals surface area (Å²) < 4.78 is 37.9. The van der Waals surface area contributed by atoms with Crippen LogP contribution in [0.15, 0.2) is 30.3 Å². The van der Waals surface area contributed by atoms with E-state index in [4.69, 9.17) is 9.47 Å². The lowest BCUT2D eigenvalue weighted by Crippen LogP contribution is -2.24. The first-order chi connectivity index (χ1) is 11.0. The van der Waals surface area contributed by atoms with Gasteiger partial charge in [-0.15, -0.1) is 0 Å². The molecule has 1 aliphatic heterocycles. The Hall–Kier alpha value is -2.63. The SMILES string of the molecule is COc1cc2c(c(OC)c1)[C@@H](c1ccc(F)cc1F)CC(=O)N2. The van der Waals surface area contributed by atoms with Crippen molar-refractivity contribution >= 4 is 11.6 Å². The average Bonchev–Trinajstić information content (AvgIpc) is 2.52. The molecule has 0 aromatic heterocycles. The smallest absolute Gasteiger partial charge is 0.225 e. The molecule has 1 amide bonds. The fourth-order valence-electron chi connectivity index (χ4n) is 2.89. The molecule has 1 heterocycles. The Bertz CT molecular complexity index is 777. The van der Waals surface area contributed by atoms with Gasteiger partial charge in [0.05, 0.1) is 19.9 Å². The second-order valence-corrected chi connectivity index (χ2v) is 5.26. The minimum Gasteiger partial charge on any atom is -0.497 e. The van der Waals surface area contributed by atoms with Crippen LogP contribution in [0.3, 0.4) is 0 Å². The van der Waals surface area contributed by atoms with E-state index in [2.05, 4.69) is 5.32 Å². The molecule has 0 radical (unpaired) electrons. The van der Waals surface area contributed by atoms with Gasteiger partial charge in [0.2, 0.25) is 5.91 Å². The van der Waals surface area contributed by atoms with Gasteiger partial charge in [0, 0.05) is 36.1 Å². The third kappa shape index (κ3) is 2.72. The molecule has 1 atom stereocenters. The maximum Gasteiger partial charge on any atom is 0.225 e. The van der Waals surface area contributed by atoms with E-state index in [1.165, 1.54) is 26.4 Å². The topological polar surface area (TPSA) is 47.6 Å². The van der Waals surface area contributed by atoms with Crippen LogP contribution in [-0.4, -0.2) is 20.1 Å². The summed E-state index contributed by atoms with van der Waals surface area (Å²) in [6, 6.07) is 6.69. The van der Waals surface area contributed by atoms with E-state index < -0.39 is 17.6 Å². The largest absolute Gasteiger partial charge is 0.497 e. The van der Waals surface area contributed by atoms with E-state index in [-0.39, 0.29) is 17.9 Å². The molecular formula is C17H15F2NO3. The maximum absolute atomic E-state index is 14.2. The van der Waals surface area contributed by atoms with E-state index in [0.717, 1.165) is 6.07 Å². The quantitative estimate of drug-likeness (QED) is 0.942. The number of hydrogen-bond donors (Lipinski definition) is 1. The fraction of sp³-hybridized carbons (Fsp3) is 0.235. The summed E-state index contributed by atoms with van der Waals surface area (Å²) in [5, 5.41) is 2.74. The van der Waals surface area contributed by atoms with Crippen molar-refractivity contribution in [2.24, 2.45) is 0 Å². The van der Waals surface area contributed by atoms with Crippen molar-refractivity contribution < 1.29 is 23.0 Å². The van der Waals surface area contributed by atoms with Gasteiger partial charge in [-0.2, -0.15) is 0 Å². The summed E-state index contributed by atoms with van der Waals surface area (Å²) in [4.78, 5) is 12.0. The summed E-state index contributed by atoms with van der Waals surface area (Å²) in [5.41, 5.74) is 1.41. The zero-order valence-corrected chi connectivity index (χ0v) is 12.7. The van der Waals surface area contributed by atoms with Crippen molar-refractivity contribution in [3.63, 3.8) is 0 Å². The third-order valence-electron chi connectivity index (χ3n) is 3.92. The second-order valence-electron chi connectivity index (χ2n) is 5.26. The molecule has 1 N–H and O–H groups in total. The molecule has 6 heteroatoms. The van der Waals surface area contributed by atoms with E-state index in [9.17, 15) is 13.6 Å². The summed E-state index contributed by atoms with van der Waals surface area (Å²) in [6.07, 6.45) is 0.0538. The molecule has 0 aliphatic carbocycles. The molecule has 0 fully saturated rings. The van der Waals surface area contributed by atoms with Gasteiger partial charge >= 0.3 is 0 Å². The number of methoxy groups -OCH3 is 2. The van der Waals surface area contributed by atoms with Gasteiger partial charge in [0.15, 0.2) is 0 Å². The van der Waals surface area contributed by atoms with E-state index in [0.29, 0.717) is 22.7 Å². The minimum absolute atomic E-state index is 0.0538. The fourth-order valence-corrected chi connectivity index (χ4v) is 2.89. The van der Waals surface area contributed by atoms with Gasteiger partial charge in [-0.1, -0.05) is 6.07 Å². The number of amides is 1. The van der Waals surface area contributed by atoms with Gasteiger partial charge in [-0.25, -0.2) is 8.78 Å². The Morgan fingerprint density at radius 1 is 1.13 bits per heavy atom. The van der Waals surface area contributed by atoms with Crippen LogP contribution in [0.5, 0.6) is 11.5 Å². The molecule has 0 unspecified atom stereocenters. The van der Waals surface area contributed by atoms with Gasteiger partial charge < -0.3 is 14.8 Å². The number of nitrogens with one attached hydrogen (secondary N) is 1. The Labute approximate surface area is 132 Å². The van der Waals surface area contributed by atoms with Crippen LogP contribution >= 0.6 is 0 Å². The van der Waals surface area contributed by atoms with Crippen molar-refractivity contribution in [2.75, 3.05) is 19.5 Å². The van der Waals surface area contributed by atoms with Crippen LogP contribution < -0.4 is 14.8 Å². The number of hydrogen-bond acceptors (Lipinski definition) is 3. The van der Waals surface area contributed by atoms with Crippen molar-refractivity contribution in [3.8, 4) is 11.5 Å². The highest BCUT2D eigenvalue weighted by Crippen LogP contribution is 2.45. The van der Waals surface area contributed by atoms with E-state index in [1.54, 1.807) is 12.1 Å². The predicted molar refractivity (Wildman–Crippen MR) is 81.0 cm³/mol. The number of anilines is 1. The van der Waals surface area contributed by atoms with Gasteiger partial charge in [-0.3, -0.25) is 4.79 Å². The first kappa shape index (κ1) is 15.3. The summed E-state index contributed by atoms with van der Waals surface area (Å²) >= 11 is 0. The highest BCUT2D eigenvalue weighted by Gasteiger charge is 2.32. The monoisotopic (exact) mass is 319 g/mol. The standard InChI is InChI=1S/C17H15F2NO3/c1-22-10-6-14-17(15(7-10)23-2)12(8-16(21)20-14)11-4-3-9(18)5-13(11)19/h3-7,12H,8H2,1-2H3,(H,20,21)/t12-/m1/s1. The summed E-state index contributed by atoms with van der Waals surface area (Å²) in [6.45, 7) is 0. The van der Waals surface area contributed by atoms with Crippen LogP contribution in [0, 0.1) is 11.6 Å². The first-order valence-corrected chi connectivity index (χ1v) is 7.04. The normalized spacial score (nSPS) is 16.5.